The fourth-order valence-electron chi connectivity index (χ4n) is 2.22. The van der Waals surface area contributed by atoms with Crippen LogP contribution in [0.15, 0.2) is 33.7 Å². The first-order valence-corrected chi connectivity index (χ1v) is 8.95. The van der Waals surface area contributed by atoms with Crippen molar-refractivity contribution in [2.45, 2.75) is 38.5 Å². The molecule has 0 atom stereocenters. The molecule has 0 bridgehead atoms. The molecule has 0 aliphatic rings. The van der Waals surface area contributed by atoms with Crippen molar-refractivity contribution in [1.29, 1.82) is 0 Å². The molecule has 2 rings (SSSR count). The Hall–Kier alpha value is -1.86. The van der Waals surface area contributed by atoms with Gasteiger partial charge in [0.05, 0.1) is 0 Å². The SMILES string of the molecule is Cc1noc(C)c1S(=O)(=O)NCCOc1ccc(C(C)C)cc1. The minimum atomic E-state index is -3.64. The van der Waals surface area contributed by atoms with Gasteiger partial charge in [0.15, 0.2) is 5.76 Å². The van der Waals surface area contributed by atoms with Gasteiger partial charge in [-0.05, 0) is 37.5 Å². The van der Waals surface area contributed by atoms with Crippen LogP contribution >= 0.6 is 0 Å². The first kappa shape index (κ1) is 17.5. The zero-order chi connectivity index (χ0) is 17.0. The topological polar surface area (TPSA) is 81.4 Å². The number of aromatic nitrogens is 1. The molecule has 1 aromatic heterocycles. The Kier molecular flexibility index (Phi) is 5.43. The van der Waals surface area contributed by atoms with Crippen molar-refractivity contribution in [3.05, 3.63) is 41.3 Å². The highest BCUT2D eigenvalue weighted by molar-refractivity contribution is 7.89. The van der Waals surface area contributed by atoms with Gasteiger partial charge in [-0.25, -0.2) is 13.1 Å². The van der Waals surface area contributed by atoms with Crippen molar-refractivity contribution in [2.24, 2.45) is 0 Å². The minimum absolute atomic E-state index is 0.0961. The van der Waals surface area contributed by atoms with E-state index in [0.29, 0.717) is 17.4 Å². The summed E-state index contributed by atoms with van der Waals surface area (Å²) in [5.74, 6) is 1.46. The van der Waals surface area contributed by atoms with E-state index in [1.807, 2.05) is 24.3 Å². The largest absolute Gasteiger partial charge is 0.492 e. The Morgan fingerprint density at radius 2 is 1.87 bits per heavy atom. The lowest BCUT2D eigenvalue weighted by molar-refractivity contribution is 0.322. The van der Waals surface area contributed by atoms with Crippen LogP contribution in [0.5, 0.6) is 5.75 Å². The Morgan fingerprint density at radius 1 is 1.22 bits per heavy atom. The molecule has 23 heavy (non-hydrogen) atoms. The van der Waals surface area contributed by atoms with E-state index in [-0.39, 0.29) is 23.8 Å². The van der Waals surface area contributed by atoms with E-state index in [1.54, 1.807) is 13.8 Å². The number of nitrogens with zero attached hydrogens (tertiary/aromatic N) is 1. The Morgan fingerprint density at radius 3 is 2.39 bits per heavy atom. The van der Waals surface area contributed by atoms with E-state index in [0.717, 1.165) is 0 Å². The third-order valence-electron chi connectivity index (χ3n) is 3.45. The first-order valence-electron chi connectivity index (χ1n) is 7.46. The number of rotatable bonds is 7. The van der Waals surface area contributed by atoms with E-state index in [9.17, 15) is 8.42 Å². The molecule has 0 spiro atoms. The molecule has 7 heteroatoms. The summed E-state index contributed by atoms with van der Waals surface area (Å²) in [7, 11) is -3.64. The van der Waals surface area contributed by atoms with Gasteiger partial charge in [0.2, 0.25) is 10.0 Å². The molecule has 2 aromatic rings. The van der Waals surface area contributed by atoms with Crippen molar-refractivity contribution >= 4 is 10.0 Å². The highest BCUT2D eigenvalue weighted by Gasteiger charge is 2.23. The number of benzene rings is 1. The van der Waals surface area contributed by atoms with Gasteiger partial charge in [0.25, 0.3) is 0 Å². The second-order valence-corrected chi connectivity index (χ2v) is 7.33. The molecule has 6 nitrogen and oxygen atoms in total. The average Bonchev–Trinajstić information content (AvgIpc) is 2.84. The lowest BCUT2D eigenvalue weighted by Crippen LogP contribution is -2.29. The Labute approximate surface area is 136 Å². The molecule has 1 aromatic carbocycles. The van der Waals surface area contributed by atoms with Crippen LogP contribution in [0.1, 0.15) is 36.8 Å². The van der Waals surface area contributed by atoms with Gasteiger partial charge in [-0.1, -0.05) is 31.1 Å². The Balaban J connectivity index is 1.88. The zero-order valence-corrected chi connectivity index (χ0v) is 14.6. The molecule has 0 amide bonds. The summed E-state index contributed by atoms with van der Waals surface area (Å²) >= 11 is 0. The predicted molar refractivity (Wildman–Crippen MR) is 87.2 cm³/mol. The van der Waals surface area contributed by atoms with Crippen LogP contribution < -0.4 is 9.46 Å². The number of hydrogen-bond acceptors (Lipinski definition) is 5. The lowest BCUT2D eigenvalue weighted by Gasteiger charge is -2.10. The summed E-state index contributed by atoms with van der Waals surface area (Å²) in [6, 6.07) is 7.79. The highest BCUT2D eigenvalue weighted by atomic mass is 32.2. The summed E-state index contributed by atoms with van der Waals surface area (Å²) in [6.07, 6.45) is 0. The van der Waals surface area contributed by atoms with Crippen molar-refractivity contribution < 1.29 is 17.7 Å². The number of nitrogens with one attached hydrogen (secondary N) is 1. The summed E-state index contributed by atoms with van der Waals surface area (Å²) in [6.45, 7) is 7.82. The third-order valence-corrected chi connectivity index (χ3v) is 5.15. The van der Waals surface area contributed by atoms with Gasteiger partial charge in [-0.15, -0.1) is 0 Å². The fraction of sp³-hybridized carbons (Fsp3) is 0.438. The molecule has 1 heterocycles. The number of sulfonamides is 1. The van der Waals surface area contributed by atoms with E-state index < -0.39 is 10.0 Å². The second kappa shape index (κ2) is 7.14. The highest BCUT2D eigenvalue weighted by Crippen LogP contribution is 2.19. The molecule has 0 unspecified atom stereocenters. The molecule has 0 aliphatic heterocycles. The van der Waals surface area contributed by atoms with Gasteiger partial charge in [-0.2, -0.15) is 0 Å². The van der Waals surface area contributed by atoms with E-state index >= 15 is 0 Å². The molecule has 0 saturated carbocycles. The second-order valence-electron chi connectivity index (χ2n) is 5.62. The lowest BCUT2D eigenvalue weighted by atomic mass is 10.0. The number of hydrogen-bond donors (Lipinski definition) is 1. The van der Waals surface area contributed by atoms with Gasteiger partial charge >= 0.3 is 0 Å². The maximum atomic E-state index is 12.2. The van der Waals surface area contributed by atoms with Gasteiger partial charge < -0.3 is 9.26 Å². The Bertz CT molecular complexity index is 729. The predicted octanol–water partition coefficient (Wildman–Crippen LogP) is 2.77. The van der Waals surface area contributed by atoms with Crippen LogP contribution in [0.3, 0.4) is 0 Å². The molecule has 0 fully saturated rings. The van der Waals surface area contributed by atoms with Crippen LogP contribution in [0, 0.1) is 13.8 Å². The molecule has 1 N–H and O–H groups in total. The minimum Gasteiger partial charge on any atom is -0.492 e. The van der Waals surface area contributed by atoms with Crippen LogP contribution in [0.4, 0.5) is 0 Å². The summed E-state index contributed by atoms with van der Waals surface area (Å²) in [4.78, 5) is 0.0961. The maximum absolute atomic E-state index is 12.2. The van der Waals surface area contributed by atoms with Crippen LogP contribution in [-0.2, 0) is 10.0 Å². The molecule has 0 radical (unpaired) electrons. The number of ether oxygens (including phenoxy) is 1. The van der Waals surface area contributed by atoms with Crippen molar-refractivity contribution in [1.82, 2.24) is 9.88 Å². The third kappa shape index (κ3) is 4.33. The molecule has 126 valence electrons. The smallest absolute Gasteiger partial charge is 0.246 e. The zero-order valence-electron chi connectivity index (χ0n) is 13.8. The normalized spacial score (nSPS) is 11.9. The average molecular weight is 338 g/mol. The fourth-order valence-corrected chi connectivity index (χ4v) is 3.56. The van der Waals surface area contributed by atoms with Crippen molar-refractivity contribution in [3.8, 4) is 5.75 Å². The van der Waals surface area contributed by atoms with Gasteiger partial charge in [0.1, 0.15) is 22.9 Å². The van der Waals surface area contributed by atoms with Gasteiger partial charge in [0, 0.05) is 6.54 Å². The standard InChI is InChI=1S/C16H22N2O4S/c1-11(2)14-5-7-15(8-6-14)21-10-9-17-23(19,20)16-12(3)18-22-13(16)4/h5-8,11,17H,9-10H2,1-4H3. The van der Waals surface area contributed by atoms with E-state index in [1.165, 1.54) is 5.56 Å². The molecular formula is C16H22N2O4S. The van der Waals surface area contributed by atoms with E-state index in [2.05, 4.69) is 23.7 Å². The molecule has 0 saturated heterocycles. The maximum Gasteiger partial charge on any atom is 0.246 e. The van der Waals surface area contributed by atoms with Crippen molar-refractivity contribution in [2.75, 3.05) is 13.2 Å². The summed E-state index contributed by atoms with van der Waals surface area (Å²) in [5, 5.41) is 3.66. The van der Waals surface area contributed by atoms with Crippen molar-refractivity contribution in [3.63, 3.8) is 0 Å². The first-order chi connectivity index (χ1) is 10.8. The van der Waals surface area contributed by atoms with E-state index in [4.69, 9.17) is 9.26 Å². The summed E-state index contributed by atoms with van der Waals surface area (Å²) in [5.41, 5.74) is 1.58. The van der Waals surface area contributed by atoms with Gasteiger partial charge in [-0.3, -0.25) is 0 Å². The van der Waals surface area contributed by atoms with Crippen LogP contribution in [0.25, 0.3) is 0 Å². The molecular weight excluding hydrogens is 316 g/mol. The van der Waals surface area contributed by atoms with Crippen LogP contribution in [-0.4, -0.2) is 26.7 Å². The summed E-state index contributed by atoms with van der Waals surface area (Å²) < 4.78 is 37.3. The monoisotopic (exact) mass is 338 g/mol. The quantitative estimate of drug-likeness (QED) is 0.785. The number of aryl methyl sites for hydroxylation is 2. The van der Waals surface area contributed by atoms with Crippen LogP contribution in [0.2, 0.25) is 0 Å². The molecule has 0 aliphatic carbocycles.